The predicted molar refractivity (Wildman–Crippen MR) is 128 cm³/mol. The summed E-state index contributed by atoms with van der Waals surface area (Å²) in [6, 6.07) is 11.6. The van der Waals surface area contributed by atoms with Gasteiger partial charge < -0.3 is 14.5 Å². The van der Waals surface area contributed by atoms with Crippen molar-refractivity contribution < 1.29 is 18.7 Å². The number of nitrogens with one attached hydrogen (secondary N) is 2. The van der Waals surface area contributed by atoms with Gasteiger partial charge in [-0.25, -0.2) is 5.43 Å². The second kappa shape index (κ2) is 9.68. The maximum atomic E-state index is 13.0. The number of carbonyl (C=O) groups is 2. The molecule has 1 aliphatic carbocycles. The number of hydrogen-bond acceptors (Lipinski definition) is 5. The van der Waals surface area contributed by atoms with Gasteiger partial charge >= 0.3 is 0 Å². The first kappa shape index (κ1) is 22.9. The third-order valence-corrected chi connectivity index (χ3v) is 5.79. The molecule has 0 fully saturated rings. The minimum Gasteiger partial charge on any atom is -0.495 e. The maximum Gasteiger partial charge on any atom is 0.291 e. The number of amides is 2. The number of rotatable bonds is 5. The molecule has 1 aromatic heterocycles. The Morgan fingerprint density at radius 3 is 2.61 bits per heavy atom. The Labute approximate surface area is 200 Å². The Kier molecular flexibility index (Phi) is 6.72. The quantitative estimate of drug-likeness (QED) is 0.458. The summed E-state index contributed by atoms with van der Waals surface area (Å²) in [4.78, 5) is 25.5. The summed E-state index contributed by atoms with van der Waals surface area (Å²) in [6.07, 6.45) is 2.10. The van der Waals surface area contributed by atoms with E-state index in [0.717, 1.165) is 12.0 Å². The lowest BCUT2D eigenvalue weighted by Crippen LogP contribution is -2.22. The molecule has 0 bridgehead atoms. The van der Waals surface area contributed by atoms with Crippen molar-refractivity contribution in [1.29, 1.82) is 0 Å². The fourth-order valence-corrected chi connectivity index (χ4v) is 4.13. The number of ether oxygens (including phenoxy) is 1. The lowest BCUT2D eigenvalue weighted by Gasteiger charge is -2.13. The molecule has 3 aromatic rings. The topological polar surface area (TPSA) is 92.9 Å². The van der Waals surface area contributed by atoms with Crippen LogP contribution in [0.2, 0.25) is 10.0 Å². The molecule has 170 valence electrons. The molecule has 2 aromatic carbocycles. The van der Waals surface area contributed by atoms with Crippen LogP contribution in [-0.2, 0) is 6.42 Å². The van der Waals surface area contributed by atoms with Crippen LogP contribution in [0.1, 0.15) is 50.6 Å². The van der Waals surface area contributed by atoms with Crippen molar-refractivity contribution in [3.63, 3.8) is 0 Å². The smallest absolute Gasteiger partial charge is 0.291 e. The summed E-state index contributed by atoms with van der Waals surface area (Å²) >= 11 is 12.0. The van der Waals surface area contributed by atoms with Crippen LogP contribution >= 0.6 is 23.2 Å². The summed E-state index contributed by atoms with van der Waals surface area (Å²) in [5.74, 6) is 0.525. The highest BCUT2D eigenvalue weighted by Gasteiger charge is 2.28. The van der Waals surface area contributed by atoms with Crippen molar-refractivity contribution >= 4 is 46.4 Å². The van der Waals surface area contributed by atoms with E-state index >= 15 is 0 Å². The van der Waals surface area contributed by atoms with Gasteiger partial charge in [0.25, 0.3) is 11.8 Å². The largest absolute Gasteiger partial charge is 0.495 e. The summed E-state index contributed by atoms with van der Waals surface area (Å²) in [6.45, 7) is 1.80. The SMILES string of the molecule is COc1ccc(Cl)cc1NC(=O)c1oc2c(c1C)/C(=N/NC(=O)c1cccc(Cl)c1)CCC2. The first-order chi connectivity index (χ1) is 15.9. The Morgan fingerprint density at radius 2 is 1.85 bits per heavy atom. The zero-order valence-electron chi connectivity index (χ0n) is 18.0. The predicted octanol–water partition coefficient (Wildman–Crippen LogP) is 5.63. The van der Waals surface area contributed by atoms with E-state index in [0.29, 0.717) is 56.9 Å². The van der Waals surface area contributed by atoms with E-state index < -0.39 is 5.91 Å². The van der Waals surface area contributed by atoms with E-state index in [-0.39, 0.29) is 11.7 Å². The number of benzene rings is 2. The van der Waals surface area contributed by atoms with E-state index in [9.17, 15) is 9.59 Å². The standard InChI is InChI=1S/C24H21Cl2N3O4/c1-13-21-17(28-29-23(30)14-5-3-6-15(25)11-14)7-4-8-20(21)33-22(13)24(31)27-18-12-16(26)9-10-19(18)32-2/h3,5-6,9-12H,4,7-8H2,1-2H3,(H,27,31)(H,29,30)/b28-17+. The van der Waals surface area contributed by atoms with Gasteiger partial charge in [-0.15, -0.1) is 0 Å². The highest BCUT2D eigenvalue weighted by molar-refractivity contribution is 6.31. The van der Waals surface area contributed by atoms with Crippen LogP contribution in [0.25, 0.3) is 0 Å². The molecule has 0 atom stereocenters. The number of anilines is 1. The van der Waals surface area contributed by atoms with Crippen molar-refractivity contribution in [3.8, 4) is 5.75 Å². The van der Waals surface area contributed by atoms with Gasteiger partial charge in [0, 0.05) is 33.2 Å². The minimum atomic E-state index is -0.426. The first-order valence-corrected chi connectivity index (χ1v) is 11.0. The average molecular weight is 486 g/mol. The van der Waals surface area contributed by atoms with E-state index in [4.69, 9.17) is 32.4 Å². The van der Waals surface area contributed by atoms with E-state index in [2.05, 4.69) is 15.8 Å². The number of aryl methyl sites for hydroxylation is 1. The number of nitrogens with zero attached hydrogens (tertiary/aromatic N) is 1. The number of methoxy groups -OCH3 is 1. The Morgan fingerprint density at radius 1 is 1.06 bits per heavy atom. The van der Waals surface area contributed by atoms with Gasteiger partial charge in [0.2, 0.25) is 0 Å². The molecule has 0 saturated carbocycles. The number of hydrogen-bond donors (Lipinski definition) is 2. The van der Waals surface area contributed by atoms with E-state index in [1.54, 1.807) is 49.4 Å². The number of halogens is 2. The van der Waals surface area contributed by atoms with Crippen molar-refractivity contribution in [2.75, 3.05) is 12.4 Å². The number of fused-ring (bicyclic) bond motifs is 1. The lowest BCUT2D eigenvalue weighted by molar-refractivity contribution is 0.0953. The van der Waals surface area contributed by atoms with Crippen molar-refractivity contribution in [2.45, 2.75) is 26.2 Å². The minimum absolute atomic E-state index is 0.179. The summed E-state index contributed by atoms with van der Waals surface area (Å²) in [7, 11) is 1.51. The molecular formula is C24H21Cl2N3O4. The summed E-state index contributed by atoms with van der Waals surface area (Å²) in [5, 5.41) is 8.06. The van der Waals surface area contributed by atoms with Gasteiger partial charge in [-0.1, -0.05) is 29.3 Å². The molecule has 0 spiro atoms. The molecule has 0 saturated heterocycles. The van der Waals surface area contributed by atoms with Gasteiger partial charge in [-0.3, -0.25) is 9.59 Å². The highest BCUT2D eigenvalue weighted by atomic mass is 35.5. The van der Waals surface area contributed by atoms with Crippen LogP contribution in [0.3, 0.4) is 0 Å². The molecule has 0 unspecified atom stereocenters. The first-order valence-electron chi connectivity index (χ1n) is 10.3. The van der Waals surface area contributed by atoms with Crippen LogP contribution in [-0.4, -0.2) is 24.6 Å². The molecule has 7 nitrogen and oxygen atoms in total. The summed E-state index contributed by atoms with van der Waals surface area (Å²) in [5.41, 5.74) is 5.48. The number of furan rings is 1. The molecule has 0 radical (unpaired) electrons. The Bertz CT molecular complexity index is 1270. The van der Waals surface area contributed by atoms with E-state index in [1.807, 2.05) is 0 Å². The zero-order chi connectivity index (χ0) is 23.5. The van der Waals surface area contributed by atoms with Crippen LogP contribution in [0.5, 0.6) is 5.75 Å². The van der Waals surface area contributed by atoms with E-state index in [1.165, 1.54) is 7.11 Å². The molecule has 2 amide bonds. The fourth-order valence-electron chi connectivity index (χ4n) is 3.77. The molecule has 1 heterocycles. The van der Waals surface area contributed by atoms with Crippen molar-refractivity contribution in [3.05, 3.63) is 80.7 Å². The maximum absolute atomic E-state index is 13.0. The van der Waals surface area contributed by atoms with Crippen molar-refractivity contribution in [1.82, 2.24) is 5.43 Å². The second-order valence-corrected chi connectivity index (χ2v) is 8.39. The lowest BCUT2D eigenvalue weighted by atomic mass is 9.93. The average Bonchev–Trinajstić information content (AvgIpc) is 3.15. The van der Waals surface area contributed by atoms with Gasteiger partial charge in [0.1, 0.15) is 11.5 Å². The van der Waals surface area contributed by atoms with Crippen LogP contribution in [0, 0.1) is 6.92 Å². The van der Waals surface area contributed by atoms with Crippen LogP contribution < -0.4 is 15.5 Å². The van der Waals surface area contributed by atoms with Crippen LogP contribution in [0.15, 0.2) is 52.0 Å². The fraction of sp³-hybridized carbons (Fsp3) is 0.208. The third kappa shape index (κ3) is 4.89. The molecule has 1 aliphatic rings. The van der Waals surface area contributed by atoms with Gasteiger partial charge in [-0.05, 0) is 56.2 Å². The summed E-state index contributed by atoms with van der Waals surface area (Å²) < 4.78 is 11.2. The molecule has 2 N–H and O–H groups in total. The number of carbonyl (C=O) groups excluding carboxylic acids is 2. The highest BCUT2D eigenvalue weighted by Crippen LogP contribution is 2.32. The second-order valence-electron chi connectivity index (χ2n) is 7.52. The Balaban J connectivity index is 1.59. The monoisotopic (exact) mass is 485 g/mol. The van der Waals surface area contributed by atoms with Gasteiger partial charge in [0.15, 0.2) is 5.76 Å². The Hall–Kier alpha value is -3.29. The van der Waals surface area contributed by atoms with Gasteiger partial charge in [0.05, 0.1) is 18.5 Å². The van der Waals surface area contributed by atoms with Gasteiger partial charge in [-0.2, -0.15) is 5.10 Å². The number of hydrazone groups is 1. The van der Waals surface area contributed by atoms with Crippen molar-refractivity contribution in [2.24, 2.45) is 5.10 Å². The molecular weight excluding hydrogens is 465 g/mol. The molecule has 0 aliphatic heterocycles. The third-order valence-electron chi connectivity index (χ3n) is 5.32. The molecule has 4 rings (SSSR count). The molecule has 33 heavy (non-hydrogen) atoms. The zero-order valence-corrected chi connectivity index (χ0v) is 19.5. The van der Waals surface area contributed by atoms with Crippen LogP contribution in [0.4, 0.5) is 5.69 Å². The molecule has 9 heteroatoms. The normalized spacial score (nSPS) is 14.0.